The number of aromatic nitrogens is 2. The van der Waals surface area contributed by atoms with Crippen LogP contribution in [-0.2, 0) is 19.1 Å². The molecule has 0 radical (unpaired) electrons. The molecule has 1 aliphatic rings. The highest BCUT2D eigenvalue weighted by molar-refractivity contribution is 5.98. The minimum absolute atomic E-state index is 0.00376. The van der Waals surface area contributed by atoms with Crippen molar-refractivity contribution in [1.29, 1.82) is 0 Å². The second kappa shape index (κ2) is 5.68. The predicted octanol–water partition coefficient (Wildman–Crippen LogP) is -0.228. The summed E-state index contributed by atoms with van der Waals surface area (Å²) in [6.45, 7) is 1.89. The predicted molar refractivity (Wildman–Crippen MR) is 62.7 cm³/mol. The summed E-state index contributed by atoms with van der Waals surface area (Å²) in [5.74, 6) is -2.51. The zero-order chi connectivity index (χ0) is 14.7. The normalized spacial score (nSPS) is 18.2. The Kier molecular flexibility index (Phi) is 3.97. The Morgan fingerprint density at radius 1 is 1.45 bits per heavy atom. The van der Waals surface area contributed by atoms with E-state index in [1.807, 2.05) is 0 Å². The zero-order valence-electron chi connectivity index (χ0n) is 11.0. The van der Waals surface area contributed by atoms with Crippen molar-refractivity contribution in [3.8, 4) is 0 Å². The summed E-state index contributed by atoms with van der Waals surface area (Å²) in [7, 11) is 1.25. The summed E-state index contributed by atoms with van der Waals surface area (Å²) >= 11 is 0. The molecule has 1 unspecified atom stereocenters. The van der Waals surface area contributed by atoms with Crippen molar-refractivity contribution in [3.63, 3.8) is 0 Å². The maximum absolute atomic E-state index is 11.8. The molecule has 0 aliphatic carbocycles. The van der Waals surface area contributed by atoms with Crippen molar-refractivity contribution in [1.82, 2.24) is 10.2 Å². The topological polar surface area (TPSA) is 112 Å². The molecule has 108 valence electrons. The molecule has 1 amide bonds. The third-order valence-corrected chi connectivity index (χ3v) is 2.75. The van der Waals surface area contributed by atoms with E-state index in [2.05, 4.69) is 14.9 Å². The van der Waals surface area contributed by atoms with Gasteiger partial charge in [0.1, 0.15) is 0 Å². The molecule has 2 heterocycles. The van der Waals surface area contributed by atoms with E-state index in [0.29, 0.717) is 0 Å². The smallest absolute Gasteiger partial charge is 0.396 e. The fourth-order valence-corrected chi connectivity index (χ4v) is 1.82. The highest BCUT2D eigenvalue weighted by atomic mass is 16.5. The highest BCUT2D eigenvalue weighted by Gasteiger charge is 2.38. The van der Waals surface area contributed by atoms with Crippen molar-refractivity contribution in [3.05, 3.63) is 5.89 Å². The Balaban J connectivity index is 2.11. The molecule has 1 aromatic rings. The number of nitrogens with zero attached hydrogens (tertiary/aromatic N) is 3. The van der Waals surface area contributed by atoms with E-state index in [9.17, 15) is 14.4 Å². The summed E-state index contributed by atoms with van der Waals surface area (Å²) < 4.78 is 14.3. The number of anilines is 1. The lowest BCUT2D eigenvalue weighted by atomic mass is 10.1. The van der Waals surface area contributed by atoms with Gasteiger partial charge in [-0.1, -0.05) is 10.2 Å². The molecule has 20 heavy (non-hydrogen) atoms. The lowest BCUT2D eigenvalue weighted by Gasteiger charge is -2.09. The number of carbonyl (C=O) groups excluding carboxylic acids is 3. The summed E-state index contributed by atoms with van der Waals surface area (Å²) in [5, 5.41) is 7.11. The van der Waals surface area contributed by atoms with E-state index in [1.54, 1.807) is 6.92 Å². The summed E-state index contributed by atoms with van der Waals surface area (Å²) in [6, 6.07) is -0.135. The molecule has 0 aromatic carbocycles. The van der Waals surface area contributed by atoms with E-state index < -0.39 is 17.9 Å². The first-order valence-corrected chi connectivity index (χ1v) is 5.95. The van der Waals surface area contributed by atoms with Gasteiger partial charge in [-0.25, -0.2) is 4.79 Å². The number of methoxy groups -OCH3 is 1. The standard InChI is InChI=1S/C11H13N3O6/c1-3-19-10(17)8-12-13-11(20-8)14-5-6(4-7(14)15)9(16)18-2/h6H,3-5H2,1-2H3. The van der Waals surface area contributed by atoms with Crippen LogP contribution in [0.2, 0.25) is 0 Å². The Labute approximate surface area is 113 Å². The van der Waals surface area contributed by atoms with E-state index in [-0.39, 0.29) is 37.4 Å². The summed E-state index contributed by atoms with van der Waals surface area (Å²) in [6.07, 6.45) is 0.00376. The Bertz CT molecular complexity index is 540. The molecular formula is C11H13N3O6. The van der Waals surface area contributed by atoms with E-state index in [1.165, 1.54) is 7.11 Å². The maximum atomic E-state index is 11.8. The molecule has 9 nitrogen and oxygen atoms in total. The lowest BCUT2D eigenvalue weighted by molar-refractivity contribution is -0.145. The molecule has 2 rings (SSSR count). The minimum Gasteiger partial charge on any atom is -0.469 e. The van der Waals surface area contributed by atoms with Crippen molar-refractivity contribution in [2.75, 3.05) is 25.2 Å². The monoisotopic (exact) mass is 283 g/mol. The minimum atomic E-state index is -0.762. The first kappa shape index (κ1) is 14.0. The van der Waals surface area contributed by atoms with Gasteiger partial charge in [-0.15, -0.1) is 0 Å². The van der Waals surface area contributed by atoms with Crippen LogP contribution >= 0.6 is 0 Å². The number of esters is 2. The number of hydrogen-bond donors (Lipinski definition) is 0. The van der Waals surface area contributed by atoms with E-state index in [4.69, 9.17) is 9.15 Å². The lowest BCUT2D eigenvalue weighted by Crippen LogP contribution is -2.26. The van der Waals surface area contributed by atoms with Gasteiger partial charge in [-0.3, -0.25) is 14.5 Å². The molecule has 9 heteroatoms. The first-order chi connectivity index (χ1) is 9.56. The quantitative estimate of drug-likeness (QED) is 0.696. The van der Waals surface area contributed by atoms with Crippen LogP contribution in [0.3, 0.4) is 0 Å². The van der Waals surface area contributed by atoms with Crippen LogP contribution in [0.15, 0.2) is 4.42 Å². The number of amides is 1. The third kappa shape index (κ3) is 2.60. The second-order valence-corrected chi connectivity index (χ2v) is 4.04. The van der Waals surface area contributed by atoms with Gasteiger partial charge >= 0.3 is 23.8 Å². The van der Waals surface area contributed by atoms with Crippen LogP contribution in [0.1, 0.15) is 24.0 Å². The van der Waals surface area contributed by atoms with Crippen LogP contribution in [0.4, 0.5) is 6.01 Å². The summed E-state index contributed by atoms with van der Waals surface area (Å²) in [5.41, 5.74) is 0. The van der Waals surface area contributed by atoms with Gasteiger partial charge in [-0.2, -0.15) is 0 Å². The fourth-order valence-electron chi connectivity index (χ4n) is 1.82. The molecule has 1 aromatic heterocycles. The molecule has 0 spiro atoms. The average molecular weight is 283 g/mol. The largest absolute Gasteiger partial charge is 0.469 e. The SMILES string of the molecule is CCOC(=O)c1nnc(N2CC(C(=O)OC)CC2=O)o1. The summed E-state index contributed by atoms with van der Waals surface area (Å²) in [4.78, 5) is 35.7. The molecule has 1 fully saturated rings. The third-order valence-electron chi connectivity index (χ3n) is 2.75. The maximum Gasteiger partial charge on any atom is 0.396 e. The highest BCUT2D eigenvalue weighted by Crippen LogP contribution is 2.24. The van der Waals surface area contributed by atoms with Crippen molar-refractivity contribution in [2.24, 2.45) is 5.92 Å². The van der Waals surface area contributed by atoms with Crippen LogP contribution in [0.5, 0.6) is 0 Å². The fraction of sp³-hybridized carbons (Fsp3) is 0.545. The molecule has 0 N–H and O–H groups in total. The number of ether oxygens (including phenoxy) is 2. The average Bonchev–Trinajstić information content (AvgIpc) is 3.04. The van der Waals surface area contributed by atoms with Gasteiger partial charge in [0, 0.05) is 13.0 Å². The molecule has 0 saturated carbocycles. The zero-order valence-corrected chi connectivity index (χ0v) is 11.0. The van der Waals surface area contributed by atoms with Crippen molar-refractivity contribution < 1.29 is 28.3 Å². The molecule has 1 saturated heterocycles. The molecule has 1 atom stereocenters. The van der Waals surface area contributed by atoms with Gasteiger partial charge in [0.25, 0.3) is 0 Å². The number of carbonyl (C=O) groups is 3. The van der Waals surface area contributed by atoms with Gasteiger partial charge in [0.2, 0.25) is 5.91 Å². The van der Waals surface area contributed by atoms with Crippen LogP contribution in [0.25, 0.3) is 0 Å². The van der Waals surface area contributed by atoms with Crippen LogP contribution < -0.4 is 4.90 Å². The number of rotatable bonds is 4. The Morgan fingerprint density at radius 2 is 2.20 bits per heavy atom. The van der Waals surface area contributed by atoms with Gasteiger partial charge in [0.05, 0.1) is 19.6 Å². The second-order valence-electron chi connectivity index (χ2n) is 4.04. The van der Waals surface area contributed by atoms with E-state index in [0.717, 1.165) is 4.90 Å². The number of hydrogen-bond acceptors (Lipinski definition) is 8. The van der Waals surface area contributed by atoms with Gasteiger partial charge in [0.15, 0.2) is 0 Å². The van der Waals surface area contributed by atoms with Crippen LogP contribution in [0, 0.1) is 5.92 Å². The van der Waals surface area contributed by atoms with E-state index >= 15 is 0 Å². The van der Waals surface area contributed by atoms with Crippen molar-refractivity contribution in [2.45, 2.75) is 13.3 Å². The first-order valence-electron chi connectivity index (χ1n) is 5.95. The Morgan fingerprint density at radius 3 is 2.85 bits per heavy atom. The van der Waals surface area contributed by atoms with Crippen molar-refractivity contribution >= 4 is 23.9 Å². The van der Waals surface area contributed by atoms with Gasteiger partial charge < -0.3 is 13.9 Å². The van der Waals surface area contributed by atoms with Gasteiger partial charge in [-0.05, 0) is 6.92 Å². The Hall–Kier alpha value is -2.45. The van der Waals surface area contributed by atoms with Crippen LogP contribution in [-0.4, -0.2) is 48.3 Å². The molecule has 1 aliphatic heterocycles. The molecular weight excluding hydrogens is 270 g/mol. The molecule has 0 bridgehead atoms.